The van der Waals surface area contributed by atoms with Gasteiger partial charge in [-0.3, -0.25) is 4.79 Å². The zero-order valence-electron chi connectivity index (χ0n) is 14.7. The summed E-state index contributed by atoms with van der Waals surface area (Å²) < 4.78 is 10.7. The van der Waals surface area contributed by atoms with E-state index >= 15 is 0 Å². The fraction of sp³-hybridized carbons (Fsp3) is 0.350. The van der Waals surface area contributed by atoms with E-state index in [1.165, 1.54) is 0 Å². The lowest BCUT2D eigenvalue weighted by Gasteiger charge is -2.21. The number of carbonyl (C=O) groups is 1. The van der Waals surface area contributed by atoms with Gasteiger partial charge in [0.1, 0.15) is 11.5 Å². The summed E-state index contributed by atoms with van der Waals surface area (Å²) in [4.78, 5) is 13.7. The molecule has 2 aromatic carbocycles. The van der Waals surface area contributed by atoms with Gasteiger partial charge >= 0.3 is 0 Å². The molecule has 0 fully saturated rings. The third kappa shape index (κ3) is 6.12. The number of aliphatic hydroxyl groups excluding tert-OH is 1. The fourth-order valence-corrected chi connectivity index (χ4v) is 2.44. The van der Waals surface area contributed by atoms with Gasteiger partial charge in [0, 0.05) is 13.5 Å². The third-order valence-corrected chi connectivity index (χ3v) is 3.90. The number of ether oxygens (including phenoxy) is 2. The summed E-state index contributed by atoms with van der Waals surface area (Å²) >= 11 is 0. The summed E-state index contributed by atoms with van der Waals surface area (Å²) in [6.07, 6.45) is 0.270. The summed E-state index contributed by atoms with van der Waals surface area (Å²) in [5, 5.41) is 10.3. The molecular weight excluding hydrogens is 318 g/mol. The Labute approximate surface area is 148 Å². The molecular formula is C20H25NO4. The molecule has 0 aliphatic carbocycles. The quantitative estimate of drug-likeness (QED) is 0.711. The topological polar surface area (TPSA) is 59.0 Å². The summed E-state index contributed by atoms with van der Waals surface area (Å²) in [6, 6.07) is 16.8. The normalized spacial score (nSPS) is 11.6. The van der Waals surface area contributed by atoms with Crippen LogP contribution < -0.4 is 9.47 Å². The maximum Gasteiger partial charge on any atom is 0.222 e. The van der Waals surface area contributed by atoms with Crippen molar-refractivity contribution in [3.63, 3.8) is 0 Å². The first-order valence-corrected chi connectivity index (χ1v) is 8.34. The first-order chi connectivity index (χ1) is 12.1. The van der Waals surface area contributed by atoms with Crippen LogP contribution in [0.1, 0.15) is 24.5 Å². The lowest BCUT2D eigenvalue weighted by Crippen LogP contribution is -2.31. The highest BCUT2D eigenvalue weighted by Gasteiger charge is 2.15. The minimum Gasteiger partial charge on any atom is -0.497 e. The van der Waals surface area contributed by atoms with E-state index in [0.29, 0.717) is 25.2 Å². The van der Waals surface area contributed by atoms with E-state index in [2.05, 4.69) is 0 Å². The minimum atomic E-state index is -0.746. The van der Waals surface area contributed by atoms with E-state index in [0.717, 1.165) is 11.3 Å². The van der Waals surface area contributed by atoms with Crippen molar-refractivity contribution in [1.82, 2.24) is 4.90 Å². The molecule has 1 atom stereocenters. The van der Waals surface area contributed by atoms with E-state index in [1.807, 2.05) is 48.5 Å². The zero-order chi connectivity index (χ0) is 18.1. The van der Waals surface area contributed by atoms with Crippen LogP contribution in [0.15, 0.2) is 54.6 Å². The van der Waals surface area contributed by atoms with Crippen LogP contribution in [0, 0.1) is 0 Å². The molecule has 2 aromatic rings. The second kappa shape index (κ2) is 9.69. The highest BCUT2D eigenvalue weighted by atomic mass is 16.5. The molecule has 0 spiro atoms. The largest absolute Gasteiger partial charge is 0.497 e. The van der Waals surface area contributed by atoms with Gasteiger partial charge in [0.2, 0.25) is 5.91 Å². The molecule has 5 heteroatoms. The standard InChI is InChI=1S/C20H25NO4/c1-21(15-19(22)16-8-6-11-18(14-16)24-2)20(23)12-7-13-25-17-9-4-3-5-10-17/h3-6,8-11,14,19,22H,7,12-13,15H2,1-2H3. The van der Waals surface area contributed by atoms with E-state index in [9.17, 15) is 9.90 Å². The predicted octanol–water partition coefficient (Wildman–Crippen LogP) is 3.05. The Hall–Kier alpha value is -2.53. The van der Waals surface area contributed by atoms with Crippen molar-refractivity contribution in [2.45, 2.75) is 18.9 Å². The van der Waals surface area contributed by atoms with Crippen LogP contribution in [0.4, 0.5) is 0 Å². The van der Waals surface area contributed by atoms with Crippen LogP contribution in [-0.4, -0.2) is 43.2 Å². The number of carbonyl (C=O) groups excluding carboxylic acids is 1. The number of likely N-dealkylation sites (N-methyl/N-ethyl adjacent to an activating group) is 1. The first kappa shape index (κ1) is 18.8. The molecule has 25 heavy (non-hydrogen) atoms. The molecule has 0 aliphatic heterocycles. The highest BCUT2D eigenvalue weighted by molar-refractivity contribution is 5.75. The first-order valence-electron chi connectivity index (χ1n) is 8.34. The van der Waals surface area contributed by atoms with Crippen molar-refractivity contribution in [1.29, 1.82) is 0 Å². The second-order valence-corrected chi connectivity index (χ2v) is 5.83. The Morgan fingerprint density at radius 1 is 1.12 bits per heavy atom. The Morgan fingerprint density at radius 2 is 1.84 bits per heavy atom. The van der Waals surface area contributed by atoms with Crippen molar-refractivity contribution in [2.75, 3.05) is 27.3 Å². The highest BCUT2D eigenvalue weighted by Crippen LogP contribution is 2.20. The Kier molecular flexibility index (Phi) is 7.29. The van der Waals surface area contributed by atoms with Crippen LogP contribution in [0.25, 0.3) is 0 Å². The molecule has 1 amide bonds. The zero-order valence-corrected chi connectivity index (χ0v) is 14.7. The third-order valence-electron chi connectivity index (χ3n) is 3.90. The molecule has 0 saturated heterocycles. The number of amides is 1. The summed E-state index contributed by atoms with van der Waals surface area (Å²) in [5.41, 5.74) is 0.728. The molecule has 0 radical (unpaired) electrons. The van der Waals surface area contributed by atoms with E-state index in [-0.39, 0.29) is 12.5 Å². The molecule has 0 heterocycles. The maximum atomic E-state index is 12.2. The van der Waals surface area contributed by atoms with Crippen molar-refractivity contribution in [3.05, 3.63) is 60.2 Å². The van der Waals surface area contributed by atoms with Crippen LogP contribution in [-0.2, 0) is 4.79 Å². The number of methoxy groups -OCH3 is 1. The second-order valence-electron chi connectivity index (χ2n) is 5.83. The molecule has 2 rings (SSSR count). The van der Waals surface area contributed by atoms with Crippen LogP contribution in [0.2, 0.25) is 0 Å². The lowest BCUT2D eigenvalue weighted by molar-refractivity contribution is -0.131. The van der Waals surface area contributed by atoms with Gasteiger partial charge in [-0.05, 0) is 36.2 Å². The van der Waals surface area contributed by atoms with Gasteiger partial charge in [-0.15, -0.1) is 0 Å². The molecule has 0 aromatic heterocycles. The van der Waals surface area contributed by atoms with Crippen LogP contribution in [0.5, 0.6) is 11.5 Å². The van der Waals surface area contributed by atoms with Gasteiger partial charge in [0.25, 0.3) is 0 Å². The number of nitrogens with zero attached hydrogens (tertiary/aromatic N) is 1. The monoisotopic (exact) mass is 343 g/mol. The minimum absolute atomic E-state index is 0.0152. The number of hydrogen-bond donors (Lipinski definition) is 1. The molecule has 134 valence electrons. The summed E-state index contributed by atoms with van der Waals surface area (Å²) in [6.45, 7) is 0.730. The Bertz CT molecular complexity index is 660. The summed E-state index contributed by atoms with van der Waals surface area (Å²) in [5.74, 6) is 1.47. The van der Waals surface area contributed by atoms with Gasteiger partial charge in [-0.25, -0.2) is 0 Å². The van der Waals surface area contributed by atoms with Gasteiger partial charge in [0.05, 0.1) is 26.4 Å². The maximum absolute atomic E-state index is 12.2. The van der Waals surface area contributed by atoms with E-state index < -0.39 is 6.10 Å². The van der Waals surface area contributed by atoms with Crippen LogP contribution >= 0.6 is 0 Å². The van der Waals surface area contributed by atoms with E-state index in [4.69, 9.17) is 9.47 Å². The van der Waals surface area contributed by atoms with E-state index in [1.54, 1.807) is 25.1 Å². The number of hydrogen-bond acceptors (Lipinski definition) is 4. The Morgan fingerprint density at radius 3 is 2.56 bits per heavy atom. The number of rotatable bonds is 9. The number of aliphatic hydroxyl groups is 1. The SMILES string of the molecule is COc1cccc(C(O)CN(C)C(=O)CCCOc2ccccc2)c1. The fourth-order valence-electron chi connectivity index (χ4n) is 2.44. The molecule has 0 aliphatic rings. The van der Waals surface area contributed by atoms with Gasteiger partial charge in [-0.1, -0.05) is 30.3 Å². The predicted molar refractivity (Wildman–Crippen MR) is 96.8 cm³/mol. The molecule has 0 saturated carbocycles. The lowest BCUT2D eigenvalue weighted by atomic mass is 10.1. The van der Waals surface area contributed by atoms with Gasteiger partial charge in [-0.2, -0.15) is 0 Å². The van der Waals surface area contributed by atoms with Gasteiger partial charge in [0.15, 0.2) is 0 Å². The summed E-state index contributed by atoms with van der Waals surface area (Å²) in [7, 11) is 3.28. The van der Waals surface area contributed by atoms with Crippen LogP contribution in [0.3, 0.4) is 0 Å². The van der Waals surface area contributed by atoms with Crippen molar-refractivity contribution in [2.24, 2.45) is 0 Å². The van der Waals surface area contributed by atoms with Crippen molar-refractivity contribution < 1.29 is 19.4 Å². The average Bonchev–Trinajstić information content (AvgIpc) is 2.65. The smallest absolute Gasteiger partial charge is 0.222 e. The van der Waals surface area contributed by atoms with Crippen molar-refractivity contribution in [3.8, 4) is 11.5 Å². The van der Waals surface area contributed by atoms with Crippen molar-refractivity contribution >= 4 is 5.91 Å². The molecule has 0 bridgehead atoms. The Balaban J connectivity index is 1.73. The molecule has 1 unspecified atom stereocenters. The number of para-hydroxylation sites is 1. The van der Waals surface area contributed by atoms with Gasteiger partial charge < -0.3 is 19.5 Å². The molecule has 5 nitrogen and oxygen atoms in total. The average molecular weight is 343 g/mol. The number of benzene rings is 2. The molecule has 1 N–H and O–H groups in total.